The summed E-state index contributed by atoms with van der Waals surface area (Å²) in [5.74, 6) is 0.861. The van der Waals surface area contributed by atoms with E-state index < -0.39 is 0 Å². The maximum Gasteiger partial charge on any atom is 0.151 e. The second-order valence-electron chi connectivity index (χ2n) is 4.50. The monoisotopic (exact) mass is 224 g/mol. The van der Waals surface area contributed by atoms with Gasteiger partial charge in [-0.2, -0.15) is 5.10 Å². The molecule has 0 aromatic carbocycles. The number of hydrogen-bond donors (Lipinski definition) is 2. The Morgan fingerprint density at radius 2 is 2.31 bits per heavy atom. The molecule has 0 amide bonds. The van der Waals surface area contributed by atoms with Crippen LogP contribution in [0.25, 0.3) is 0 Å². The van der Waals surface area contributed by atoms with Crippen LogP contribution in [0.1, 0.15) is 31.5 Å². The van der Waals surface area contributed by atoms with Crippen LogP contribution < -0.4 is 5.32 Å². The van der Waals surface area contributed by atoms with Crippen molar-refractivity contribution < 1.29 is 5.11 Å². The van der Waals surface area contributed by atoms with Crippen LogP contribution in [0.5, 0.6) is 0 Å². The number of hydrogen-bond acceptors (Lipinski definition) is 4. The lowest BCUT2D eigenvalue weighted by Gasteiger charge is -2.28. The first-order valence-electron chi connectivity index (χ1n) is 6.01. The number of aliphatic hydroxyl groups excluding tert-OH is 1. The zero-order valence-electron chi connectivity index (χ0n) is 9.76. The number of rotatable bonds is 4. The summed E-state index contributed by atoms with van der Waals surface area (Å²) in [6.45, 7) is 0.839. The molecular weight excluding hydrogens is 204 g/mol. The Bertz CT molecular complexity index is 326. The molecular formula is C11H20N4O. The smallest absolute Gasteiger partial charge is 0.151 e. The van der Waals surface area contributed by atoms with Crippen molar-refractivity contribution in [1.82, 2.24) is 20.1 Å². The SMILES string of the molecule is Cn1cnc(CCNC2CCCCC2O)n1. The summed E-state index contributed by atoms with van der Waals surface area (Å²) in [6, 6.07) is 0.262. The zero-order valence-corrected chi connectivity index (χ0v) is 9.76. The summed E-state index contributed by atoms with van der Waals surface area (Å²) in [6.07, 6.45) is 6.74. The van der Waals surface area contributed by atoms with Crippen LogP contribution in [0.2, 0.25) is 0 Å². The van der Waals surface area contributed by atoms with Crippen LogP contribution in [0, 0.1) is 0 Å². The molecule has 1 aliphatic rings. The quantitative estimate of drug-likeness (QED) is 0.769. The van der Waals surface area contributed by atoms with Crippen LogP contribution >= 0.6 is 0 Å². The van der Waals surface area contributed by atoms with Crippen molar-refractivity contribution in [1.29, 1.82) is 0 Å². The molecule has 2 N–H and O–H groups in total. The number of nitrogens with one attached hydrogen (secondary N) is 1. The standard InChI is InChI=1S/C11H20N4O/c1-15-8-13-11(14-15)6-7-12-9-4-2-3-5-10(9)16/h8-10,12,16H,2-7H2,1H3. The number of aromatic nitrogens is 3. The second-order valence-corrected chi connectivity index (χ2v) is 4.50. The van der Waals surface area contributed by atoms with Gasteiger partial charge in [0, 0.05) is 26.1 Å². The van der Waals surface area contributed by atoms with Gasteiger partial charge < -0.3 is 10.4 Å². The van der Waals surface area contributed by atoms with Gasteiger partial charge in [0.05, 0.1) is 6.10 Å². The normalized spacial score (nSPS) is 25.9. The molecule has 0 saturated heterocycles. The van der Waals surface area contributed by atoms with E-state index in [1.807, 2.05) is 7.05 Å². The fourth-order valence-corrected chi connectivity index (χ4v) is 2.22. The highest BCUT2D eigenvalue weighted by molar-refractivity contribution is 4.85. The summed E-state index contributed by atoms with van der Waals surface area (Å²) < 4.78 is 1.71. The summed E-state index contributed by atoms with van der Waals surface area (Å²) in [5.41, 5.74) is 0. The maximum atomic E-state index is 9.77. The Labute approximate surface area is 95.9 Å². The Balaban J connectivity index is 1.71. The van der Waals surface area contributed by atoms with E-state index in [0.29, 0.717) is 0 Å². The van der Waals surface area contributed by atoms with Gasteiger partial charge in [-0.05, 0) is 12.8 Å². The Morgan fingerprint density at radius 3 is 3.00 bits per heavy atom. The highest BCUT2D eigenvalue weighted by atomic mass is 16.3. The van der Waals surface area contributed by atoms with Crippen LogP contribution in [0.15, 0.2) is 6.33 Å². The Kier molecular flexibility index (Phi) is 3.90. The molecule has 1 aromatic heterocycles. The molecule has 0 bridgehead atoms. The summed E-state index contributed by atoms with van der Waals surface area (Å²) in [7, 11) is 1.87. The first-order chi connectivity index (χ1) is 7.75. The highest BCUT2D eigenvalue weighted by Gasteiger charge is 2.21. The fraction of sp³-hybridized carbons (Fsp3) is 0.818. The first kappa shape index (κ1) is 11.5. The zero-order chi connectivity index (χ0) is 11.4. The van der Waals surface area contributed by atoms with E-state index in [4.69, 9.17) is 0 Å². The third-order valence-electron chi connectivity index (χ3n) is 3.13. The van der Waals surface area contributed by atoms with Crippen LogP contribution in [-0.4, -0.2) is 38.6 Å². The van der Waals surface area contributed by atoms with E-state index in [1.165, 1.54) is 6.42 Å². The van der Waals surface area contributed by atoms with Crippen molar-refractivity contribution in [3.63, 3.8) is 0 Å². The average Bonchev–Trinajstić information content (AvgIpc) is 2.67. The van der Waals surface area contributed by atoms with Gasteiger partial charge in [0.25, 0.3) is 0 Å². The molecule has 2 atom stereocenters. The number of aliphatic hydroxyl groups is 1. The Hall–Kier alpha value is -0.940. The van der Waals surface area contributed by atoms with E-state index in [-0.39, 0.29) is 12.1 Å². The highest BCUT2D eigenvalue weighted by Crippen LogP contribution is 2.18. The topological polar surface area (TPSA) is 63.0 Å². The fourth-order valence-electron chi connectivity index (χ4n) is 2.22. The molecule has 1 heterocycles. The van der Waals surface area contributed by atoms with E-state index in [2.05, 4.69) is 15.4 Å². The molecule has 16 heavy (non-hydrogen) atoms. The summed E-state index contributed by atoms with van der Waals surface area (Å²) in [4.78, 5) is 4.17. The lowest BCUT2D eigenvalue weighted by atomic mass is 9.92. The van der Waals surface area contributed by atoms with E-state index in [9.17, 15) is 5.11 Å². The van der Waals surface area contributed by atoms with Gasteiger partial charge in [0.1, 0.15) is 6.33 Å². The van der Waals surface area contributed by atoms with Crippen LogP contribution in [-0.2, 0) is 13.5 Å². The molecule has 1 fully saturated rings. The molecule has 90 valence electrons. The van der Waals surface area contributed by atoms with E-state index in [0.717, 1.165) is 38.1 Å². The molecule has 5 nitrogen and oxygen atoms in total. The van der Waals surface area contributed by atoms with Crippen molar-refractivity contribution in [2.45, 2.75) is 44.2 Å². The van der Waals surface area contributed by atoms with Gasteiger partial charge in [-0.1, -0.05) is 12.8 Å². The summed E-state index contributed by atoms with van der Waals surface area (Å²) >= 11 is 0. The van der Waals surface area contributed by atoms with Crippen molar-refractivity contribution >= 4 is 0 Å². The predicted molar refractivity (Wildman–Crippen MR) is 61.0 cm³/mol. The van der Waals surface area contributed by atoms with Crippen molar-refractivity contribution in [2.24, 2.45) is 7.05 Å². The lowest BCUT2D eigenvalue weighted by Crippen LogP contribution is -2.42. The molecule has 0 radical (unpaired) electrons. The molecule has 0 spiro atoms. The third kappa shape index (κ3) is 3.02. The van der Waals surface area contributed by atoms with Crippen molar-refractivity contribution in [2.75, 3.05) is 6.54 Å². The minimum absolute atomic E-state index is 0.176. The van der Waals surface area contributed by atoms with Gasteiger partial charge in [-0.3, -0.25) is 4.68 Å². The van der Waals surface area contributed by atoms with E-state index in [1.54, 1.807) is 11.0 Å². The molecule has 5 heteroatoms. The molecule has 1 saturated carbocycles. The summed E-state index contributed by atoms with van der Waals surface area (Å²) in [5, 5.41) is 17.4. The van der Waals surface area contributed by atoms with Gasteiger partial charge >= 0.3 is 0 Å². The number of nitrogens with zero attached hydrogens (tertiary/aromatic N) is 3. The first-order valence-corrected chi connectivity index (χ1v) is 6.01. The molecule has 0 aliphatic heterocycles. The largest absolute Gasteiger partial charge is 0.392 e. The predicted octanol–water partition coefficient (Wildman–Crippen LogP) is 0.251. The van der Waals surface area contributed by atoms with Crippen molar-refractivity contribution in [3.8, 4) is 0 Å². The minimum atomic E-state index is -0.176. The number of aryl methyl sites for hydroxylation is 1. The molecule has 2 rings (SSSR count). The van der Waals surface area contributed by atoms with Gasteiger partial charge in [0.15, 0.2) is 5.82 Å². The lowest BCUT2D eigenvalue weighted by molar-refractivity contribution is 0.0913. The molecule has 1 aromatic rings. The van der Waals surface area contributed by atoms with E-state index >= 15 is 0 Å². The molecule has 2 unspecified atom stereocenters. The van der Waals surface area contributed by atoms with Crippen LogP contribution in [0.4, 0.5) is 0 Å². The minimum Gasteiger partial charge on any atom is -0.392 e. The third-order valence-corrected chi connectivity index (χ3v) is 3.13. The van der Waals surface area contributed by atoms with Crippen molar-refractivity contribution in [3.05, 3.63) is 12.2 Å². The van der Waals surface area contributed by atoms with Gasteiger partial charge in [-0.25, -0.2) is 4.98 Å². The van der Waals surface area contributed by atoms with Gasteiger partial charge in [0.2, 0.25) is 0 Å². The Morgan fingerprint density at radius 1 is 1.50 bits per heavy atom. The maximum absolute atomic E-state index is 9.77. The molecule has 1 aliphatic carbocycles. The van der Waals surface area contributed by atoms with Gasteiger partial charge in [-0.15, -0.1) is 0 Å². The average molecular weight is 224 g/mol. The second kappa shape index (κ2) is 5.41. The van der Waals surface area contributed by atoms with Crippen LogP contribution in [0.3, 0.4) is 0 Å².